The van der Waals surface area contributed by atoms with Crippen molar-refractivity contribution in [2.45, 2.75) is 5.25 Å². The zero-order valence-corrected chi connectivity index (χ0v) is 17.9. The highest BCUT2D eigenvalue weighted by molar-refractivity contribution is 7.92. The fraction of sp³-hybridized carbons (Fsp3) is 0.238. The van der Waals surface area contributed by atoms with E-state index in [0.29, 0.717) is 48.4 Å². The molecule has 1 aliphatic heterocycles. The number of hydrogen-bond acceptors (Lipinski definition) is 6. The molecule has 0 saturated carbocycles. The van der Waals surface area contributed by atoms with Gasteiger partial charge >= 0.3 is 0 Å². The highest BCUT2D eigenvalue weighted by Gasteiger charge is 2.27. The molecule has 0 radical (unpaired) electrons. The van der Waals surface area contributed by atoms with E-state index in [0.717, 1.165) is 0 Å². The van der Waals surface area contributed by atoms with E-state index in [1.54, 1.807) is 24.3 Å². The summed E-state index contributed by atoms with van der Waals surface area (Å²) in [5.41, 5.74) is 0.397. The van der Waals surface area contributed by atoms with Crippen LogP contribution in [0.4, 0.5) is 10.1 Å². The Hall–Kier alpha value is -2.59. The minimum Gasteiger partial charge on any atom is -0.616 e. The Morgan fingerprint density at radius 1 is 1.23 bits per heavy atom. The molecule has 0 bridgehead atoms. The predicted molar refractivity (Wildman–Crippen MR) is 117 cm³/mol. The zero-order chi connectivity index (χ0) is 21.8. The van der Waals surface area contributed by atoms with Gasteiger partial charge in [0.15, 0.2) is 5.25 Å². The van der Waals surface area contributed by atoms with Gasteiger partial charge in [-0.3, -0.25) is 4.79 Å². The van der Waals surface area contributed by atoms with Crippen LogP contribution < -0.4 is 15.6 Å². The van der Waals surface area contributed by atoms with Gasteiger partial charge in [-0.25, -0.2) is 4.39 Å². The van der Waals surface area contributed by atoms with Crippen molar-refractivity contribution in [1.82, 2.24) is 9.78 Å². The summed E-state index contributed by atoms with van der Waals surface area (Å²) in [4.78, 5) is 12.7. The lowest BCUT2D eigenvalue weighted by atomic mass is 10.3. The van der Waals surface area contributed by atoms with Gasteiger partial charge in [0.1, 0.15) is 28.1 Å². The molecular weight excluding hydrogens is 445 g/mol. The highest BCUT2D eigenvalue weighted by Crippen LogP contribution is 2.23. The third-order valence-corrected chi connectivity index (χ3v) is 6.65. The normalized spacial score (nSPS) is 18.5. The highest BCUT2D eigenvalue weighted by atomic mass is 35.5. The van der Waals surface area contributed by atoms with Gasteiger partial charge in [-0.2, -0.15) is 9.78 Å². The quantitative estimate of drug-likeness (QED) is 0.564. The van der Waals surface area contributed by atoms with Gasteiger partial charge in [-0.05, 0) is 59.7 Å². The van der Waals surface area contributed by atoms with Crippen LogP contribution in [0.2, 0.25) is 5.02 Å². The Morgan fingerprint density at radius 3 is 2.58 bits per heavy atom. The van der Waals surface area contributed by atoms with Gasteiger partial charge in [-0.1, -0.05) is 11.6 Å². The van der Waals surface area contributed by atoms with Crippen LogP contribution in [0.25, 0.3) is 5.69 Å². The molecule has 7 nitrogen and oxygen atoms in total. The van der Waals surface area contributed by atoms with E-state index in [4.69, 9.17) is 21.1 Å². The van der Waals surface area contributed by atoms with Gasteiger partial charge in [-0.15, -0.1) is 0 Å². The fourth-order valence-corrected chi connectivity index (χ4v) is 4.34. The van der Waals surface area contributed by atoms with Crippen molar-refractivity contribution < 1.29 is 18.4 Å². The summed E-state index contributed by atoms with van der Waals surface area (Å²) in [7, 11) is 0. The molecule has 0 spiro atoms. The molecule has 4 rings (SSSR count). The fourth-order valence-electron chi connectivity index (χ4n) is 3.01. The van der Waals surface area contributed by atoms with Crippen LogP contribution in [0, 0.1) is 5.82 Å². The van der Waals surface area contributed by atoms with Crippen LogP contribution in [0.15, 0.2) is 59.5 Å². The summed E-state index contributed by atoms with van der Waals surface area (Å²) in [6.45, 7) is 1.26. The van der Waals surface area contributed by atoms with E-state index in [1.165, 1.54) is 35.1 Å². The lowest BCUT2D eigenvalue weighted by Crippen LogP contribution is -2.40. The average Bonchev–Trinajstić information content (AvgIpc) is 2.78. The van der Waals surface area contributed by atoms with Crippen molar-refractivity contribution in [3.63, 3.8) is 0 Å². The van der Waals surface area contributed by atoms with Crippen molar-refractivity contribution in [1.29, 1.82) is 0 Å². The SMILES string of the molecule is O=c1c(Cl)c(NC[C@H]2COCC[S@+]2[O-])cnn1-c1ccc(Oc2ccc(F)cc2)cc1. The van der Waals surface area contributed by atoms with Gasteiger partial charge in [0.25, 0.3) is 5.56 Å². The van der Waals surface area contributed by atoms with Crippen molar-refractivity contribution in [2.24, 2.45) is 0 Å². The van der Waals surface area contributed by atoms with Gasteiger partial charge in [0.05, 0.1) is 37.3 Å². The molecule has 0 unspecified atom stereocenters. The van der Waals surface area contributed by atoms with Crippen LogP contribution >= 0.6 is 11.6 Å². The van der Waals surface area contributed by atoms with Crippen LogP contribution in [0.3, 0.4) is 0 Å². The monoisotopic (exact) mass is 463 g/mol. The minimum atomic E-state index is -0.981. The average molecular weight is 464 g/mol. The van der Waals surface area contributed by atoms with E-state index in [2.05, 4.69) is 10.4 Å². The molecule has 10 heteroatoms. The van der Waals surface area contributed by atoms with Crippen molar-refractivity contribution in [3.8, 4) is 17.2 Å². The molecular formula is C21H19ClFN3O4S. The van der Waals surface area contributed by atoms with Crippen molar-refractivity contribution in [3.05, 3.63) is 75.9 Å². The Balaban J connectivity index is 1.46. The maximum atomic E-state index is 13.0. The second-order valence-corrected chi connectivity index (χ2v) is 9.02. The predicted octanol–water partition coefficient (Wildman–Crippen LogP) is 3.38. The molecule has 2 heterocycles. The molecule has 1 aliphatic rings. The first-order chi connectivity index (χ1) is 15.0. The van der Waals surface area contributed by atoms with Gasteiger partial charge < -0.3 is 19.3 Å². The molecule has 162 valence electrons. The van der Waals surface area contributed by atoms with Crippen molar-refractivity contribution >= 4 is 28.5 Å². The smallest absolute Gasteiger partial charge is 0.292 e. The first-order valence-corrected chi connectivity index (χ1v) is 11.3. The second-order valence-electron chi connectivity index (χ2n) is 6.80. The molecule has 3 aromatic rings. The molecule has 0 aliphatic carbocycles. The number of halogens is 2. The van der Waals surface area contributed by atoms with E-state index in [-0.39, 0.29) is 16.1 Å². The molecule has 0 amide bonds. The maximum Gasteiger partial charge on any atom is 0.292 e. The van der Waals surface area contributed by atoms with E-state index in [1.807, 2.05) is 0 Å². The van der Waals surface area contributed by atoms with Crippen LogP contribution in [0.5, 0.6) is 11.5 Å². The summed E-state index contributed by atoms with van der Waals surface area (Å²) < 4.78 is 37.2. The molecule has 1 aromatic heterocycles. The topological polar surface area (TPSA) is 88.4 Å². The molecule has 1 saturated heterocycles. The maximum absolute atomic E-state index is 13.0. The Morgan fingerprint density at radius 2 is 1.90 bits per heavy atom. The minimum absolute atomic E-state index is 0.0100. The number of anilines is 1. The third kappa shape index (κ3) is 5.19. The molecule has 1 fully saturated rings. The van der Waals surface area contributed by atoms with E-state index >= 15 is 0 Å². The summed E-state index contributed by atoms with van der Waals surface area (Å²) in [5.74, 6) is 1.17. The summed E-state index contributed by atoms with van der Waals surface area (Å²) >= 11 is 5.27. The van der Waals surface area contributed by atoms with Gasteiger partial charge in [0.2, 0.25) is 0 Å². The third-order valence-electron chi connectivity index (χ3n) is 4.67. The number of hydrogen-bond donors (Lipinski definition) is 1. The first-order valence-electron chi connectivity index (χ1n) is 9.52. The van der Waals surface area contributed by atoms with Gasteiger partial charge in [0, 0.05) is 0 Å². The number of benzene rings is 2. The Kier molecular flexibility index (Phi) is 6.77. The number of nitrogens with zero attached hydrogens (tertiary/aromatic N) is 2. The molecule has 2 aromatic carbocycles. The largest absolute Gasteiger partial charge is 0.616 e. The van der Waals surface area contributed by atoms with Crippen LogP contribution in [-0.4, -0.2) is 45.1 Å². The van der Waals surface area contributed by atoms with E-state index < -0.39 is 16.7 Å². The lowest BCUT2D eigenvalue weighted by Gasteiger charge is -2.26. The summed E-state index contributed by atoms with van der Waals surface area (Å²) in [5, 5.41) is 7.05. The van der Waals surface area contributed by atoms with Crippen LogP contribution in [0.1, 0.15) is 0 Å². The van der Waals surface area contributed by atoms with Crippen molar-refractivity contribution in [2.75, 3.05) is 30.8 Å². The number of nitrogens with one attached hydrogen (secondary N) is 1. The number of ether oxygens (including phenoxy) is 2. The Bertz CT molecular complexity index is 1100. The van der Waals surface area contributed by atoms with E-state index in [9.17, 15) is 13.7 Å². The Labute approximate surface area is 185 Å². The standard InChI is InChI=1S/C21H19ClFN3O4S/c22-20-19(24-11-18-13-29-9-10-31(18)28)12-25-26(21(20)27)15-3-7-17(8-4-15)30-16-5-1-14(23)2-6-16/h1-8,12,18,24H,9-11,13H2/t18-,31-/m0/s1. The molecule has 2 atom stereocenters. The molecule has 1 N–H and O–H groups in total. The number of rotatable bonds is 6. The summed E-state index contributed by atoms with van der Waals surface area (Å²) in [6, 6.07) is 12.3. The zero-order valence-electron chi connectivity index (χ0n) is 16.3. The summed E-state index contributed by atoms with van der Waals surface area (Å²) in [6.07, 6.45) is 1.46. The lowest BCUT2D eigenvalue weighted by molar-refractivity contribution is 0.139. The van der Waals surface area contributed by atoms with Crippen LogP contribution in [-0.2, 0) is 15.9 Å². The second kappa shape index (κ2) is 9.69. The first kappa shape index (κ1) is 21.6. The number of aromatic nitrogens is 2. The molecule has 31 heavy (non-hydrogen) atoms.